The van der Waals surface area contributed by atoms with Crippen LogP contribution in [-0.4, -0.2) is 46.1 Å². The molecule has 0 saturated carbocycles. The van der Waals surface area contributed by atoms with Gasteiger partial charge in [0.1, 0.15) is 0 Å². The lowest BCUT2D eigenvalue weighted by Crippen LogP contribution is -2.39. The fraction of sp³-hybridized carbons (Fsp3) is 0.357. The molecule has 0 bridgehead atoms. The third-order valence-corrected chi connectivity index (χ3v) is 7.51. The Morgan fingerprint density at radius 2 is 1.56 bits per heavy atom. The molecular weight excluding hydrogens is 462 g/mol. The van der Waals surface area contributed by atoms with E-state index >= 15 is 0 Å². The average Bonchev–Trinajstić information content (AvgIpc) is 3.55. The van der Waals surface area contributed by atoms with Crippen LogP contribution in [0.4, 0.5) is 5.69 Å². The van der Waals surface area contributed by atoms with Crippen molar-refractivity contribution in [1.29, 1.82) is 0 Å². The first-order valence-electron chi connectivity index (χ1n) is 12.0. The summed E-state index contributed by atoms with van der Waals surface area (Å²) in [6, 6.07) is 18.0. The highest BCUT2D eigenvalue weighted by molar-refractivity contribution is 5.60. The number of phenolic OH excluding ortho intramolecular Hbond substituents is 1. The van der Waals surface area contributed by atoms with Crippen molar-refractivity contribution in [2.75, 3.05) is 40.0 Å². The number of ether oxygens (including phenoxy) is 6. The van der Waals surface area contributed by atoms with Crippen molar-refractivity contribution in [3.63, 3.8) is 0 Å². The summed E-state index contributed by atoms with van der Waals surface area (Å²) in [6.45, 7) is 0.724. The fourth-order valence-corrected chi connectivity index (χ4v) is 5.92. The van der Waals surface area contributed by atoms with Crippen LogP contribution in [0.2, 0.25) is 0 Å². The Morgan fingerprint density at radius 1 is 0.889 bits per heavy atom. The second-order valence-corrected chi connectivity index (χ2v) is 9.25. The minimum atomic E-state index is -0.413. The van der Waals surface area contributed by atoms with Crippen LogP contribution < -0.4 is 24.3 Å². The lowest BCUT2D eigenvalue weighted by molar-refractivity contribution is -0.113. The summed E-state index contributed by atoms with van der Waals surface area (Å²) in [5.41, 5.74) is 4.15. The van der Waals surface area contributed by atoms with Gasteiger partial charge in [-0.3, -0.25) is 0 Å². The molecule has 3 aromatic rings. The molecule has 0 aromatic heterocycles. The number of phenols is 1. The second-order valence-electron chi connectivity index (χ2n) is 9.25. The first kappa shape index (κ1) is 22.8. The average molecular weight is 492 g/mol. The highest BCUT2D eigenvalue weighted by atomic mass is 16.7. The zero-order valence-corrected chi connectivity index (χ0v) is 20.4. The summed E-state index contributed by atoms with van der Waals surface area (Å²) >= 11 is 0. The van der Waals surface area contributed by atoms with Crippen LogP contribution in [0.5, 0.6) is 28.7 Å². The minimum absolute atomic E-state index is 0.0250. The van der Waals surface area contributed by atoms with Crippen LogP contribution in [0, 0.1) is 11.8 Å². The highest BCUT2D eigenvalue weighted by Gasteiger charge is 2.52. The summed E-state index contributed by atoms with van der Waals surface area (Å²) in [5.74, 6) is 2.04. The van der Waals surface area contributed by atoms with Gasteiger partial charge in [0.25, 0.3) is 0 Å². The predicted octanol–water partition coefficient (Wildman–Crippen LogP) is 4.67. The number of aromatic hydroxyl groups is 1. The maximum atomic E-state index is 10.6. The Balaban J connectivity index is 1.56. The van der Waals surface area contributed by atoms with Crippen LogP contribution >= 0.6 is 0 Å². The number of hydrogen-bond acceptors (Lipinski definition) is 8. The molecule has 1 saturated heterocycles. The number of rotatable bonds is 6. The van der Waals surface area contributed by atoms with Crippen molar-refractivity contribution >= 4 is 5.69 Å². The largest absolute Gasteiger partial charge is 0.502 e. The molecule has 6 rings (SSSR count). The van der Waals surface area contributed by atoms with Crippen molar-refractivity contribution in [3.05, 3.63) is 71.3 Å². The van der Waals surface area contributed by atoms with E-state index in [0.29, 0.717) is 23.9 Å². The van der Waals surface area contributed by atoms with Crippen molar-refractivity contribution in [2.45, 2.75) is 18.2 Å². The van der Waals surface area contributed by atoms with Gasteiger partial charge >= 0.3 is 0 Å². The van der Waals surface area contributed by atoms with E-state index in [0.717, 1.165) is 28.1 Å². The number of fused-ring (bicyclic) bond motifs is 3. The number of methoxy groups -OCH3 is 3. The SMILES string of the molecule is COc1cc([C@@H]2c3cc4c(cc3[C@@H](Nc3ccccc3)[C@H]3CO[C@@H](OC)[C@H]23)OCO4)cc(OC)c1O. The molecule has 2 aliphatic heterocycles. The van der Waals surface area contributed by atoms with E-state index in [-0.39, 0.29) is 36.3 Å². The van der Waals surface area contributed by atoms with Crippen LogP contribution in [0.25, 0.3) is 0 Å². The maximum Gasteiger partial charge on any atom is 0.231 e. The molecule has 8 heteroatoms. The second kappa shape index (κ2) is 9.11. The minimum Gasteiger partial charge on any atom is -0.502 e. The van der Waals surface area contributed by atoms with Crippen molar-refractivity contribution in [1.82, 2.24) is 0 Å². The molecule has 2 heterocycles. The standard InChI is InChI=1S/C28H29NO7/c1-31-22-9-15(10-23(32-2)27(22)30)24-17-11-20-21(36-14-35-20)12-18(17)26(29-16-7-5-4-6-8-16)19-13-34-28(33-3)25(19)24/h4-12,19,24-26,28-30H,13-14H2,1-3H3/t19-,24+,25-,26+,28+/m0/s1. The third-order valence-electron chi connectivity index (χ3n) is 7.51. The number of anilines is 1. The molecule has 0 spiro atoms. The van der Waals surface area contributed by atoms with Gasteiger partial charge in [-0.15, -0.1) is 0 Å². The number of benzene rings is 3. The topological polar surface area (TPSA) is 87.6 Å². The lowest BCUT2D eigenvalue weighted by atomic mass is 9.65. The molecule has 3 aliphatic rings. The molecule has 36 heavy (non-hydrogen) atoms. The molecule has 1 aliphatic carbocycles. The van der Waals surface area contributed by atoms with Gasteiger partial charge in [-0.25, -0.2) is 0 Å². The smallest absolute Gasteiger partial charge is 0.231 e. The third kappa shape index (κ3) is 3.60. The Hall–Kier alpha value is -3.62. The fourth-order valence-electron chi connectivity index (χ4n) is 5.92. The summed E-state index contributed by atoms with van der Waals surface area (Å²) < 4.78 is 34.6. The first-order valence-corrected chi connectivity index (χ1v) is 12.0. The van der Waals surface area contributed by atoms with Crippen LogP contribution in [0.1, 0.15) is 28.7 Å². The molecule has 0 amide bonds. The summed E-state index contributed by atoms with van der Waals surface area (Å²) in [5, 5.41) is 14.3. The van der Waals surface area contributed by atoms with Gasteiger partial charge in [-0.05, 0) is 53.1 Å². The Kier molecular flexibility index (Phi) is 5.78. The molecule has 1 fully saturated rings. The van der Waals surface area contributed by atoms with E-state index in [1.807, 2.05) is 30.3 Å². The molecule has 188 valence electrons. The Morgan fingerprint density at radius 3 is 2.19 bits per heavy atom. The summed E-state index contributed by atoms with van der Waals surface area (Å²) in [6.07, 6.45) is -0.413. The van der Waals surface area contributed by atoms with Gasteiger partial charge in [0.15, 0.2) is 29.3 Å². The number of hydrogen-bond donors (Lipinski definition) is 2. The monoisotopic (exact) mass is 491 g/mol. The van der Waals surface area contributed by atoms with E-state index in [1.165, 1.54) is 14.2 Å². The normalized spacial score (nSPS) is 25.7. The zero-order valence-electron chi connectivity index (χ0n) is 20.4. The molecule has 3 aromatic carbocycles. The number of para-hydroxylation sites is 1. The Labute approximate surface area is 209 Å². The van der Waals surface area contributed by atoms with E-state index in [2.05, 4.69) is 29.6 Å². The van der Waals surface area contributed by atoms with E-state index in [1.54, 1.807) is 7.11 Å². The van der Waals surface area contributed by atoms with Crippen LogP contribution in [0.15, 0.2) is 54.6 Å². The van der Waals surface area contributed by atoms with Gasteiger partial charge in [0.05, 0.1) is 26.9 Å². The van der Waals surface area contributed by atoms with E-state index in [9.17, 15) is 5.11 Å². The van der Waals surface area contributed by atoms with Gasteiger partial charge in [0.2, 0.25) is 12.5 Å². The quantitative estimate of drug-likeness (QED) is 0.514. The molecule has 2 N–H and O–H groups in total. The van der Waals surface area contributed by atoms with Gasteiger partial charge in [0, 0.05) is 30.6 Å². The van der Waals surface area contributed by atoms with Crippen molar-refractivity contribution in [3.8, 4) is 28.7 Å². The lowest BCUT2D eigenvalue weighted by Gasteiger charge is -2.42. The maximum absolute atomic E-state index is 10.6. The van der Waals surface area contributed by atoms with E-state index < -0.39 is 6.29 Å². The molecule has 8 nitrogen and oxygen atoms in total. The van der Waals surface area contributed by atoms with Crippen LogP contribution in [-0.2, 0) is 9.47 Å². The zero-order chi connectivity index (χ0) is 24.8. The first-order chi connectivity index (χ1) is 17.6. The highest BCUT2D eigenvalue weighted by Crippen LogP contribution is 2.57. The van der Waals surface area contributed by atoms with Crippen LogP contribution in [0.3, 0.4) is 0 Å². The predicted molar refractivity (Wildman–Crippen MR) is 132 cm³/mol. The number of nitrogens with one attached hydrogen (secondary N) is 1. The summed E-state index contributed by atoms with van der Waals surface area (Å²) in [7, 11) is 4.74. The van der Waals surface area contributed by atoms with Gasteiger partial charge < -0.3 is 38.8 Å². The van der Waals surface area contributed by atoms with E-state index in [4.69, 9.17) is 28.4 Å². The molecular formula is C28H29NO7. The molecule has 5 atom stereocenters. The van der Waals surface area contributed by atoms with Crippen molar-refractivity contribution in [2.24, 2.45) is 11.8 Å². The molecule has 0 unspecified atom stereocenters. The molecule has 0 radical (unpaired) electrons. The Bertz CT molecular complexity index is 1240. The van der Waals surface area contributed by atoms with Crippen molar-refractivity contribution < 1.29 is 33.5 Å². The summed E-state index contributed by atoms with van der Waals surface area (Å²) in [4.78, 5) is 0. The van der Waals surface area contributed by atoms with Gasteiger partial charge in [-0.1, -0.05) is 18.2 Å². The van der Waals surface area contributed by atoms with Gasteiger partial charge in [-0.2, -0.15) is 0 Å².